The van der Waals surface area contributed by atoms with E-state index in [1.54, 1.807) is 0 Å². The first-order valence-electron chi connectivity index (χ1n) is 6.69. The number of likely N-dealkylation sites (tertiary alicyclic amines) is 1. The van der Waals surface area contributed by atoms with E-state index in [-0.39, 0.29) is 12.0 Å². The predicted octanol–water partition coefficient (Wildman–Crippen LogP) is 0.269. The second kappa shape index (κ2) is 5.65. The zero-order valence-electron chi connectivity index (χ0n) is 11.2. The van der Waals surface area contributed by atoms with Crippen LogP contribution in [0.1, 0.15) is 12.8 Å². The van der Waals surface area contributed by atoms with Gasteiger partial charge in [0.15, 0.2) is 0 Å². The van der Waals surface area contributed by atoms with Crippen LogP contribution in [0.15, 0.2) is 0 Å². The average Bonchev–Trinajstić information content (AvgIpc) is 2.89. The van der Waals surface area contributed by atoms with Gasteiger partial charge in [-0.05, 0) is 39.4 Å². The topological polar surface area (TPSA) is 35.9 Å². The molecule has 0 aromatic rings. The van der Waals surface area contributed by atoms with Gasteiger partial charge in [0.2, 0.25) is 0 Å². The van der Waals surface area contributed by atoms with Gasteiger partial charge in [-0.15, -0.1) is 0 Å². The van der Waals surface area contributed by atoms with Crippen molar-refractivity contribution in [2.24, 2.45) is 11.3 Å². The van der Waals surface area contributed by atoms with Crippen LogP contribution in [0.2, 0.25) is 0 Å². The van der Waals surface area contributed by atoms with E-state index >= 15 is 0 Å². The summed E-state index contributed by atoms with van der Waals surface area (Å²) in [6, 6.07) is 0. The van der Waals surface area contributed by atoms with Gasteiger partial charge in [-0.2, -0.15) is 0 Å². The third-order valence-corrected chi connectivity index (χ3v) is 4.18. The lowest BCUT2D eigenvalue weighted by Gasteiger charge is -2.31. The quantitative estimate of drug-likeness (QED) is 0.751. The van der Waals surface area contributed by atoms with Crippen molar-refractivity contribution in [1.29, 1.82) is 0 Å². The summed E-state index contributed by atoms with van der Waals surface area (Å²) in [7, 11) is 4.37. The molecule has 2 aliphatic rings. The fourth-order valence-electron chi connectivity index (χ4n) is 3.20. The van der Waals surface area contributed by atoms with Gasteiger partial charge < -0.3 is 19.6 Å². The number of hydrogen-bond acceptors (Lipinski definition) is 4. The van der Waals surface area contributed by atoms with Crippen LogP contribution >= 0.6 is 0 Å². The van der Waals surface area contributed by atoms with Crippen molar-refractivity contribution in [2.75, 3.05) is 60.1 Å². The molecule has 0 bridgehead atoms. The molecular weight excluding hydrogens is 216 g/mol. The first kappa shape index (κ1) is 13.3. The maximum Gasteiger partial charge on any atom is 0.0557 e. The standard InChI is InChI=1S/C13H26N2O2/c1-14-5-3-12(7-14)8-15(2)9-13(10-16)4-6-17-11-13/h12,16H,3-11H2,1-2H3. The number of aliphatic hydroxyl groups excluding tert-OH is 1. The molecule has 2 heterocycles. The fraction of sp³-hybridized carbons (Fsp3) is 1.00. The molecule has 4 nitrogen and oxygen atoms in total. The lowest BCUT2D eigenvalue weighted by atomic mass is 9.87. The van der Waals surface area contributed by atoms with Crippen molar-refractivity contribution in [3.05, 3.63) is 0 Å². The summed E-state index contributed by atoms with van der Waals surface area (Å²) in [4.78, 5) is 4.79. The second-order valence-corrected chi connectivity index (χ2v) is 6.07. The Morgan fingerprint density at radius 3 is 2.88 bits per heavy atom. The highest BCUT2D eigenvalue weighted by atomic mass is 16.5. The van der Waals surface area contributed by atoms with Crippen LogP contribution in [0.5, 0.6) is 0 Å². The molecule has 17 heavy (non-hydrogen) atoms. The monoisotopic (exact) mass is 242 g/mol. The molecule has 4 heteroatoms. The second-order valence-electron chi connectivity index (χ2n) is 6.07. The molecular formula is C13H26N2O2. The van der Waals surface area contributed by atoms with Crippen molar-refractivity contribution >= 4 is 0 Å². The van der Waals surface area contributed by atoms with E-state index in [0.29, 0.717) is 0 Å². The lowest BCUT2D eigenvalue weighted by molar-refractivity contribution is 0.0605. The summed E-state index contributed by atoms with van der Waals surface area (Å²) in [5.74, 6) is 0.795. The first-order valence-corrected chi connectivity index (χ1v) is 6.69. The Balaban J connectivity index is 1.78. The molecule has 2 aliphatic heterocycles. The van der Waals surface area contributed by atoms with Crippen LogP contribution in [-0.2, 0) is 4.74 Å². The van der Waals surface area contributed by atoms with E-state index < -0.39 is 0 Å². The Hall–Kier alpha value is -0.160. The molecule has 0 saturated carbocycles. The van der Waals surface area contributed by atoms with Crippen LogP contribution in [0, 0.1) is 11.3 Å². The highest BCUT2D eigenvalue weighted by Crippen LogP contribution is 2.29. The van der Waals surface area contributed by atoms with Crippen molar-refractivity contribution in [1.82, 2.24) is 9.80 Å². The van der Waals surface area contributed by atoms with Crippen LogP contribution in [0.25, 0.3) is 0 Å². The van der Waals surface area contributed by atoms with E-state index in [4.69, 9.17) is 4.74 Å². The third-order valence-electron chi connectivity index (χ3n) is 4.18. The van der Waals surface area contributed by atoms with E-state index in [0.717, 1.165) is 38.6 Å². The van der Waals surface area contributed by atoms with E-state index in [1.165, 1.54) is 19.5 Å². The van der Waals surface area contributed by atoms with Crippen LogP contribution in [0.3, 0.4) is 0 Å². The molecule has 2 saturated heterocycles. The Labute approximate surface area is 105 Å². The Bertz CT molecular complexity index is 242. The Kier molecular flexibility index (Phi) is 4.42. The molecule has 2 rings (SSSR count). The highest BCUT2D eigenvalue weighted by molar-refractivity contribution is 4.86. The summed E-state index contributed by atoms with van der Waals surface area (Å²) in [5, 5.41) is 9.55. The van der Waals surface area contributed by atoms with Crippen LogP contribution < -0.4 is 0 Å². The molecule has 0 amide bonds. The number of rotatable bonds is 5. The minimum absolute atomic E-state index is 0.000738. The summed E-state index contributed by atoms with van der Waals surface area (Å²) < 4.78 is 5.44. The minimum atomic E-state index is -0.000738. The predicted molar refractivity (Wildman–Crippen MR) is 68.1 cm³/mol. The average molecular weight is 242 g/mol. The van der Waals surface area contributed by atoms with E-state index in [9.17, 15) is 5.11 Å². The van der Waals surface area contributed by atoms with Crippen molar-refractivity contribution in [3.63, 3.8) is 0 Å². The molecule has 0 spiro atoms. The van der Waals surface area contributed by atoms with Crippen molar-refractivity contribution < 1.29 is 9.84 Å². The maximum absolute atomic E-state index is 9.55. The molecule has 0 aromatic heterocycles. The molecule has 0 aromatic carbocycles. The summed E-state index contributed by atoms with van der Waals surface area (Å²) >= 11 is 0. The fourth-order valence-corrected chi connectivity index (χ4v) is 3.20. The molecule has 2 atom stereocenters. The number of ether oxygens (including phenoxy) is 1. The SMILES string of the molecule is CN1CCC(CN(C)CC2(CO)CCOC2)C1. The largest absolute Gasteiger partial charge is 0.396 e. The van der Waals surface area contributed by atoms with Crippen LogP contribution in [0.4, 0.5) is 0 Å². The van der Waals surface area contributed by atoms with Gasteiger partial charge >= 0.3 is 0 Å². The van der Waals surface area contributed by atoms with E-state index in [2.05, 4.69) is 23.9 Å². The zero-order valence-corrected chi connectivity index (χ0v) is 11.2. The van der Waals surface area contributed by atoms with Gasteiger partial charge in [-0.25, -0.2) is 0 Å². The molecule has 100 valence electrons. The maximum atomic E-state index is 9.55. The lowest BCUT2D eigenvalue weighted by Crippen LogP contribution is -2.41. The normalized spacial score (nSPS) is 34.9. The number of hydrogen-bond donors (Lipinski definition) is 1. The highest BCUT2D eigenvalue weighted by Gasteiger charge is 2.36. The first-order chi connectivity index (χ1) is 8.13. The molecule has 2 unspecified atom stereocenters. The van der Waals surface area contributed by atoms with Gasteiger partial charge in [0.05, 0.1) is 13.2 Å². The van der Waals surface area contributed by atoms with Gasteiger partial charge in [-0.1, -0.05) is 0 Å². The Morgan fingerprint density at radius 2 is 2.35 bits per heavy atom. The third kappa shape index (κ3) is 3.41. The summed E-state index contributed by atoms with van der Waals surface area (Å²) in [6.07, 6.45) is 2.31. The smallest absolute Gasteiger partial charge is 0.0557 e. The summed E-state index contributed by atoms with van der Waals surface area (Å²) in [6.45, 7) is 6.33. The van der Waals surface area contributed by atoms with E-state index in [1.807, 2.05) is 0 Å². The molecule has 1 N–H and O–H groups in total. The van der Waals surface area contributed by atoms with Gasteiger partial charge in [0.1, 0.15) is 0 Å². The number of aliphatic hydroxyl groups is 1. The molecule has 0 aliphatic carbocycles. The van der Waals surface area contributed by atoms with Gasteiger partial charge in [0, 0.05) is 31.7 Å². The van der Waals surface area contributed by atoms with Gasteiger partial charge in [0.25, 0.3) is 0 Å². The minimum Gasteiger partial charge on any atom is -0.396 e. The van der Waals surface area contributed by atoms with Crippen LogP contribution in [-0.4, -0.2) is 75.0 Å². The number of nitrogens with zero attached hydrogens (tertiary/aromatic N) is 2. The zero-order chi connectivity index (χ0) is 12.3. The van der Waals surface area contributed by atoms with Crippen molar-refractivity contribution in [3.8, 4) is 0 Å². The molecule has 2 fully saturated rings. The summed E-state index contributed by atoms with van der Waals surface area (Å²) in [5.41, 5.74) is -0.000738. The molecule has 0 radical (unpaired) electrons. The van der Waals surface area contributed by atoms with Gasteiger partial charge in [-0.3, -0.25) is 0 Å². The Morgan fingerprint density at radius 1 is 1.53 bits per heavy atom. The van der Waals surface area contributed by atoms with Crippen molar-refractivity contribution in [2.45, 2.75) is 12.8 Å².